The molecule has 0 unspecified atom stereocenters. The van der Waals surface area contributed by atoms with Gasteiger partial charge in [0.25, 0.3) is 0 Å². The van der Waals surface area contributed by atoms with Gasteiger partial charge < -0.3 is 4.90 Å². The number of hydrogen-bond acceptors (Lipinski definition) is 4. The van der Waals surface area contributed by atoms with Gasteiger partial charge in [0.15, 0.2) is 0 Å². The lowest BCUT2D eigenvalue weighted by molar-refractivity contribution is -0.151. The number of hydrogen-bond donors (Lipinski definition) is 0. The molecule has 0 aliphatic heterocycles. The van der Waals surface area contributed by atoms with E-state index < -0.39 is 87.9 Å². The maximum Gasteiger partial charge on any atom is 0.433 e. The van der Waals surface area contributed by atoms with Gasteiger partial charge in [-0.25, -0.2) is 15.0 Å². The fourth-order valence-electron chi connectivity index (χ4n) is 5.82. The van der Waals surface area contributed by atoms with Gasteiger partial charge in [0, 0.05) is 17.1 Å². The Labute approximate surface area is 329 Å². The van der Waals surface area contributed by atoms with E-state index in [1.54, 1.807) is 0 Å². The lowest BCUT2D eigenvalue weighted by Gasteiger charge is -2.26. The third-order valence-corrected chi connectivity index (χ3v) is 8.60. The zero-order chi connectivity index (χ0) is 45.1. The van der Waals surface area contributed by atoms with Crippen LogP contribution < -0.4 is 4.90 Å². The van der Waals surface area contributed by atoms with Crippen molar-refractivity contribution >= 4 is 17.1 Å². The molecule has 0 amide bonds. The highest BCUT2D eigenvalue weighted by Crippen LogP contribution is 2.42. The molecule has 3 heterocycles. The van der Waals surface area contributed by atoms with Crippen LogP contribution in [0.3, 0.4) is 0 Å². The van der Waals surface area contributed by atoms with E-state index in [9.17, 15) is 79.0 Å². The Morgan fingerprint density at radius 3 is 0.557 bits per heavy atom. The number of alkyl halides is 18. The van der Waals surface area contributed by atoms with Crippen molar-refractivity contribution in [2.75, 3.05) is 4.90 Å². The maximum absolute atomic E-state index is 13.5. The Morgan fingerprint density at radius 1 is 0.246 bits per heavy atom. The van der Waals surface area contributed by atoms with Gasteiger partial charge in [0.2, 0.25) is 0 Å². The predicted molar refractivity (Wildman–Crippen MR) is 181 cm³/mol. The summed E-state index contributed by atoms with van der Waals surface area (Å²) in [7, 11) is 0. The van der Waals surface area contributed by atoms with E-state index >= 15 is 0 Å². The number of halogens is 18. The van der Waals surface area contributed by atoms with Gasteiger partial charge in [-0.15, -0.1) is 0 Å². The van der Waals surface area contributed by atoms with Crippen molar-refractivity contribution in [1.82, 2.24) is 15.0 Å². The minimum absolute atomic E-state index is 0.0515. The quantitative estimate of drug-likeness (QED) is 0.156. The second kappa shape index (κ2) is 15.3. The number of nitrogens with zero attached hydrogens (tertiary/aromatic N) is 4. The normalized spacial score (nSPS) is 13.1. The highest BCUT2D eigenvalue weighted by Gasteiger charge is 2.41. The lowest BCUT2D eigenvalue weighted by Crippen LogP contribution is -2.15. The van der Waals surface area contributed by atoms with Gasteiger partial charge in [0.1, 0.15) is 34.2 Å². The van der Waals surface area contributed by atoms with Crippen LogP contribution in [0.25, 0.3) is 33.4 Å². The summed E-state index contributed by atoms with van der Waals surface area (Å²) in [6, 6.07) is 15.9. The van der Waals surface area contributed by atoms with Gasteiger partial charge in [-0.2, -0.15) is 79.0 Å². The Hall–Kier alpha value is -6.35. The predicted octanol–water partition coefficient (Wildman–Crippen LogP) is 14.5. The summed E-state index contributed by atoms with van der Waals surface area (Å²) in [5.41, 5.74) is -13.3. The van der Waals surface area contributed by atoms with Crippen LogP contribution in [0.4, 0.5) is 96.1 Å². The van der Waals surface area contributed by atoms with Crippen LogP contribution in [-0.4, -0.2) is 15.0 Å². The molecule has 0 atom stereocenters. The van der Waals surface area contributed by atoms with Crippen molar-refractivity contribution in [2.24, 2.45) is 0 Å². The smallest absolute Gasteiger partial charge is 0.311 e. The fraction of sp³-hybridized carbons (Fsp3) is 0.154. The largest absolute Gasteiger partial charge is 0.433 e. The molecule has 22 heteroatoms. The van der Waals surface area contributed by atoms with Crippen molar-refractivity contribution in [1.29, 1.82) is 0 Å². The molecule has 6 rings (SSSR count). The molecule has 6 aromatic rings. The number of benzene rings is 3. The maximum atomic E-state index is 13.5. The number of rotatable bonds is 6. The highest BCUT2D eigenvalue weighted by atomic mass is 19.4. The molecular weight excluding hydrogens is 866 g/mol. The van der Waals surface area contributed by atoms with E-state index in [2.05, 4.69) is 15.0 Å². The van der Waals surface area contributed by atoms with Crippen LogP contribution in [0, 0.1) is 0 Å². The molecule has 0 fully saturated rings. The van der Waals surface area contributed by atoms with Gasteiger partial charge in [0.05, 0.1) is 0 Å². The Kier molecular flexibility index (Phi) is 11.1. The van der Waals surface area contributed by atoms with Crippen molar-refractivity contribution in [3.63, 3.8) is 0 Å². The van der Waals surface area contributed by atoms with Crippen LogP contribution in [0.1, 0.15) is 34.2 Å². The average Bonchev–Trinajstić information content (AvgIpc) is 3.16. The van der Waals surface area contributed by atoms with Crippen molar-refractivity contribution < 1.29 is 79.0 Å². The molecule has 0 N–H and O–H groups in total. The first kappa shape index (κ1) is 44.2. The first-order valence-electron chi connectivity index (χ1n) is 16.6. The minimum Gasteiger partial charge on any atom is -0.311 e. The van der Waals surface area contributed by atoms with Gasteiger partial charge in [-0.05, 0) is 106 Å². The molecular formula is C39H18F18N4. The van der Waals surface area contributed by atoms with Crippen molar-refractivity contribution in [3.05, 3.63) is 143 Å². The standard InChI is InChI=1S/C39H18F18N4/c40-34(41,42)28-13-22(14-29(58-28)35(43,44)45)19-1-7-25(8-2-19)61(26-9-3-20(4-10-26)23-15-30(36(46,47)48)59-31(16-23)37(49,50)51)27-11-5-21(6-12-27)24-17-32(38(52,53)54)60-33(18-24)39(55,56)57/h1-18H. The molecule has 4 nitrogen and oxygen atoms in total. The van der Waals surface area contributed by atoms with Gasteiger partial charge in [-0.3, -0.25) is 0 Å². The molecule has 0 aliphatic rings. The molecule has 0 aliphatic carbocycles. The minimum atomic E-state index is -5.29. The van der Waals surface area contributed by atoms with E-state index in [4.69, 9.17) is 0 Å². The highest BCUT2D eigenvalue weighted by molar-refractivity contribution is 5.81. The SMILES string of the molecule is FC(F)(F)c1cc(-c2ccc(N(c3ccc(-c4cc(C(F)(F)F)nc(C(F)(F)F)c4)cc3)c3ccc(-c4cc(C(F)(F)F)nc(C(F)(F)F)c4)cc3)cc2)cc(C(F)(F)F)n1. The number of pyridine rings is 3. The molecule has 0 spiro atoms. The van der Waals surface area contributed by atoms with Crippen molar-refractivity contribution in [2.45, 2.75) is 37.1 Å². The molecule has 320 valence electrons. The summed E-state index contributed by atoms with van der Waals surface area (Å²) in [4.78, 5) is 9.28. The van der Waals surface area contributed by atoms with Crippen LogP contribution in [0.15, 0.2) is 109 Å². The Morgan fingerprint density at radius 2 is 0.410 bits per heavy atom. The second-order valence-electron chi connectivity index (χ2n) is 12.8. The monoisotopic (exact) mass is 884 g/mol. The zero-order valence-electron chi connectivity index (χ0n) is 29.5. The summed E-state index contributed by atoms with van der Waals surface area (Å²) in [6.07, 6.45) is -31.7. The summed E-state index contributed by atoms with van der Waals surface area (Å²) in [6.45, 7) is 0. The first-order valence-corrected chi connectivity index (χ1v) is 16.6. The lowest BCUT2D eigenvalue weighted by atomic mass is 10.0. The average molecular weight is 885 g/mol. The summed E-state index contributed by atoms with van der Waals surface area (Å²) in [5, 5.41) is 0. The second-order valence-corrected chi connectivity index (χ2v) is 12.8. The van der Waals surface area contributed by atoms with Gasteiger partial charge in [-0.1, -0.05) is 36.4 Å². The number of anilines is 3. The Bertz CT molecular complexity index is 2150. The topological polar surface area (TPSA) is 41.9 Å². The summed E-state index contributed by atoms with van der Waals surface area (Å²) in [5.74, 6) is 0. The fourth-order valence-corrected chi connectivity index (χ4v) is 5.82. The third kappa shape index (κ3) is 10.00. The van der Waals surface area contributed by atoms with E-state index in [-0.39, 0.29) is 33.8 Å². The Balaban J connectivity index is 1.47. The summed E-state index contributed by atoms with van der Waals surface area (Å²) >= 11 is 0. The van der Waals surface area contributed by atoms with Gasteiger partial charge >= 0.3 is 37.1 Å². The molecule has 3 aromatic heterocycles. The van der Waals surface area contributed by atoms with Crippen molar-refractivity contribution in [3.8, 4) is 33.4 Å². The molecule has 0 saturated carbocycles. The first-order chi connectivity index (χ1) is 28.0. The van der Waals surface area contributed by atoms with E-state index in [1.165, 1.54) is 41.3 Å². The van der Waals surface area contributed by atoms with E-state index in [1.807, 2.05) is 0 Å². The third-order valence-electron chi connectivity index (χ3n) is 8.60. The van der Waals surface area contributed by atoms with Crippen LogP contribution >= 0.6 is 0 Å². The molecule has 3 aromatic carbocycles. The van der Waals surface area contributed by atoms with E-state index in [0.29, 0.717) is 36.4 Å². The van der Waals surface area contributed by atoms with E-state index in [0.717, 1.165) is 36.4 Å². The number of aromatic nitrogens is 3. The zero-order valence-corrected chi connectivity index (χ0v) is 29.5. The molecule has 61 heavy (non-hydrogen) atoms. The van der Waals surface area contributed by atoms with Crippen LogP contribution in [0.5, 0.6) is 0 Å². The molecule has 0 bridgehead atoms. The summed E-state index contributed by atoms with van der Waals surface area (Å²) < 4.78 is 243. The molecule has 0 saturated heterocycles. The molecule has 0 radical (unpaired) electrons. The van der Waals surface area contributed by atoms with Crippen LogP contribution in [0.2, 0.25) is 0 Å². The van der Waals surface area contributed by atoms with Crippen LogP contribution in [-0.2, 0) is 37.1 Å².